The number of carbonyl (C=O) groups is 2. The molecule has 0 aromatic heterocycles. The Bertz CT molecular complexity index is 2090. The predicted molar refractivity (Wildman–Crippen MR) is 217 cm³/mol. The van der Waals surface area contributed by atoms with E-state index in [1.165, 1.54) is 64.7 Å². The molecule has 4 aliphatic rings. The molecule has 6 atom stereocenters. The quantitative estimate of drug-likeness (QED) is 0.128. The van der Waals surface area contributed by atoms with Crippen molar-refractivity contribution in [2.75, 3.05) is 39.4 Å². The third kappa shape index (κ3) is 12.2. The van der Waals surface area contributed by atoms with E-state index in [0.717, 1.165) is 17.7 Å². The van der Waals surface area contributed by atoms with E-state index in [1.54, 1.807) is 30.3 Å². The van der Waals surface area contributed by atoms with Crippen molar-refractivity contribution in [2.24, 2.45) is 0 Å². The summed E-state index contributed by atoms with van der Waals surface area (Å²) < 4.78 is 81.0. The molecule has 6 unspecified atom stereocenters. The second-order valence-corrected chi connectivity index (χ2v) is 16.3. The third-order valence-electron chi connectivity index (χ3n) is 11.0. The SMILES string of the molecule is O=C1C(Br)CCON1Cc1ccc(F)cc1.O=C1C(N2CCC(c3ccc(O)c(F)c3)C(F)C2)CCON1Cc1ccc(F)cc1.Oc1ccc(C2CCNCC2F)cc1F. The zero-order chi connectivity index (χ0) is 43.6. The number of benzene rings is 4. The fourth-order valence-corrected chi connectivity index (χ4v) is 8.04. The summed E-state index contributed by atoms with van der Waals surface area (Å²) in [6, 6.07) is 19.4. The number of nitrogens with zero attached hydrogens (tertiary/aromatic N) is 3. The molecule has 328 valence electrons. The molecule has 4 saturated heterocycles. The van der Waals surface area contributed by atoms with E-state index in [4.69, 9.17) is 14.8 Å². The summed E-state index contributed by atoms with van der Waals surface area (Å²) in [7, 11) is 0. The number of aromatic hydroxyl groups is 2. The van der Waals surface area contributed by atoms with Gasteiger partial charge in [0.25, 0.3) is 11.8 Å². The molecule has 2 amide bonds. The van der Waals surface area contributed by atoms with Gasteiger partial charge in [-0.1, -0.05) is 52.3 Å². The van der Waals surface area contributed by atoms with E-state index < -0.39 is 41.7 Å². The van der Waals surface area contributed by atoms with Crippen LogP contribution in [-0.2, 0) is 32.4 Å². The molecule has 4 aliphatic heterocycles. The molecule has 0 radical (unpaired) electrons. The second kappa shape index (κ2) is 21.4. The molecule has 61 heavy (non-hydrogen) atoms. The molecular formula is C44H47BrF6N4O6. The first-order chi connectivity index (χ1) is 29.3. The minimum absolute atomic E-state index is 0.0634. The predicted octanol–water partition coefficient (Wildman–Crippen LogP) is 7.73. The zero-order valence-electron chi connectivity index (χ0n) is 33.0. The van der Waals surface area contributed by atoms with Crippen molar-refractivity contribution >= 4 is 27.7 Å². The number of halogens is 7. The van der Waals surface area contributed by atoms with Gasteiger partial charge in [0.2, 0.25) is 0 Å². The van der Waals surface area contributed by atoms with Crippen LogP contribution in [0, 0.1) is 23.3 Å². The van der Waals surface area contributed by atoms with Crippen LogP contribution in [-0.4, -0.2) is 99.7 Å². The van der Waals surface area contributed by atoms with Gasteiger partial charge in [0, 0.05) is 24.9 Å². The van der Waals surface area contributed by atoms with Crippen LogP contribution >= 0.6 is 15.9 Å². The van der Waals surface area contributed by atoms with E-state index in [2.05, 4.69) is 21.2 Å². The van der Waals surface area contributed by atoms with Gasteiger partial charge in [-0.15, -0.1) is 0 Å². The van der Waals surface area contributed by atoms with E-state index >= 15 is 0 Å². The summed E-state index contributed by atoms with van der Waals surface area (Å²) in [6.45, 7) is 3.00. The summed E-state index contributed by atoms with van der Waals surface area (Å²) in [5.41, 5.74) is 2.71. The van der Waals surface area contributed by atoms with Crippen molar-refractivity contribution in [3.63, 3.8) is 0 Å². The largest absolute Gasteiger partial charge is 0.505 e. The maximum absolute atomic E-state index is 15.0. The van der Waals surface area contributed by atoms with Gasteiger partial charge in [0.1, 0.15) is 24.0 Å². The maximum Gasteiger partial charge on any atom is 0.263 e. The summed E-state index contributed by atoms with van der Waals surface area (Å²) in [6.07, 6.45) is -0.00572. The molecule has 4 aromatic rings. The highest BCUT2D eigenvalue weighted by Crippen LogP contribution is 2.35. The summed E-state index contributed by atoms with van der Waals surface area (Å²) in [5.74, 6) is -4.01. The zero-order valence-corrected chi connectivity index (χ0v) is 34.6. The smallest absolute Gasteiger partial charge is 0.263 e. The fraction of sp³-hybridized carbons (Fsp3) is 0.409. The monoisotopic (exact) mass is 920 g/mol. The highest BCUT2D eigenvalue weighted by Gasteiger charge is 2.40. The lowest BCUT2D eigenvalue weighted by molar-refractivity contribution is -0.212. The number of hydrogen-bond acceptors (Lipinski definition) is 8. The molecule has 4 fully saturated rings. The highest BCUT2D eigenvalue weighted by molar-refractivity contribution is 9.10. The number of piperidine rings is 2. The molecule has 4 heterocycles. The van der Waals surface area contributed by atoms with Crippen molar-refractivity contribution in [3.05, 3.63) is 130 Å². The number of rotatable bonds is 7. The van der Waals surface area contributed by atoms with Crippen LogP contribution in [0.1, 0.15) is 59.8 Å². The summed E-state index contributed by atoms with van der Waals surface area (Å²) in [5, 5.41) is 23.9. The number of hydrogen-bond donors (Lipinski definition) is 3. The van der Waals surface area contributed by atoms with E-state index in [-0.39, 0.29) is 53.0 Å². The number of amides is 2. The Labute approximate surface area is 358 Å². The minimum Gasteiger partial charge on any atom is -0.505 e. The first-order valence-electron chi connectivity index (χ1n) is 20.0. The topological polar surface area (TPSA) is 115 Å². The van der Waals surface area contributed by atoms with Crippen LogP contribution in [0.5, 0.6) is 11.5 Å². The number of phenolic OH excluding ortho intramolecular Hbond substituents is 2. The molecule has 4 aromatic carbocycles. The van der Waals surface area contributed by atoms with Gasteiger partial charge < -0.3 is 15.5 Å². The normalized spacial score (nSPS) is 24.6. The van der Waals surface area contributed by atoms with Crippen molar-refractivity contribution in [3.8, 4) is 11.5 Å². The number of phenols is 2. The second-order valence-electron chi connectivity index (χ2n) is 15.2. The molecule has 3 N–H and O–H groups in total. The average molecular weight is 922 g/mol. The number of hydroxylamine groups is 4. The Balaban J connectivity index is 0.000000169. The van der Waals surface area contributed by atoms with E-state index in [1.807, 2.05) is 4.90 Å². The summed E-state index contributed by atoms with van der Waals surface area (Å²) >= 11 is 3.29. The van der Waals surface area contributed by atoms with Gasteiger partial charge in [0.15, 0.2) is 23.1 Å². The molecule has 10 nitrogen and oxygen atoms in total. The molecule has 0 bridgehead atoms. The first-order valence-corrected chi connectivity index (χ1v) is 20.9. The lowest BCUT2D eigenvalue weighted by atomic mass is 9.87. The molecule has 0 spiro atoms. The Morgan fingerprint density at radius 3 is 1.67 bits per heavy atom. The minimum atomic E-state index is -1.26. The van der Waals surface area contributed by atoms with Gasteiger partial charge in [-0.25, -0.2) is 36.5 Å². The van der Waals surface area contributed by atoms with E-state index in [0.29, 0.717) is 69.7 Å². The van der Waals surface area contributed by atoms with Crippen LogP contribution in [0.25, 0.3) is 0 Å². The van der Waals surface area contributed by atoms with Gasteiger partial charge >= 0.3 is 0 Å². The van der Waals surface area contributed by atoms with E-state index in [9.17, 15) is 41.0 Å². The number of nitrogens with one attached hydrogen (secondary N) is 1. The van der Waals surface area contributed by atoms with Crippen LogP contribution in [0.3, 0.4) is 0 Å². The molecule has 0 saturated carbocycles. The van der Waals surface area contributed by atoms with Crippen LogP contribution in [0.4, 0.5) is 26.3 Å². The van der Waals surface area contributed by atoms with Crippen molar-refractivity contribution < 1.29 is 55.8 Å². The van der Waals surface area contributed by atoms with Crippen molar-refractivity contribution in [1.29, 1.82) is 0 Å². The number of carbonyl (C=O) groups excluding carboxylic acids is 2. The molecule has 17 heteroatoms. The summed E-state index contributed by atoms with van der Waals surface area (Å²) in [4.78, 5) is 37.0. The van der Waals surface area contributed by atoms with Crippen LogP contribution < -0.4 is 5.32 Å². The van der Waals surface area contributed by atoms with Crippen LogP contribution in [0.15, 0.2) is 84.9 Å². The lowest BCUT2D eigenvalue weighted by Crippen LogP contribution is -2.56. The number of alkyl halides is 3. The van der Waals surface area contributed by atoms with Gasteiger partial charge in [-0.3, -0.25) is 24.2 Å². The highest BCUT2D eigenvalue weighted by atomic mass is 79.9. The molecule has 8 rings (SSSR count). The molecular weight excluding hydrogens is 874 g/mol. The Morgan fingerprint density at radius 2 is 1.16 bits per heavy atom. The maximum atomic E-state index is 15.0. The first kappa shape index (κ1) is 45.8. The Kier molecular flexibility index (Phi) is 16.1. The van der Waals surface area contributed by atoms with Gasteiger partial charge in [0.05, 0.1) is 37.2 Å². The Hall–Kier alpha value is -4.68. The third-order valence-corrected chi connectivity index (χ3v) is 11.9. The van der Waals surface area contributed by atoms with Gasteiger partial charge in [-0.05, 0) is 110 Å². The van der Waals surface area contributed by atoms with Crippen molar-refractivity contribution in [1.82, 2.24) is 20.3 Å². The van der Waals surface area contributed by atoms with Gasteiger partial charge in [-0.2, -0.15) is 0 Å². The Morgan fingerprint density at radius 1 is 0.656 bits per heavy atom. The molecule has 0 aliphatic carbocycles. The lowest BCUT2D eigenvalue weighted by Gasteiger charge is -2.42. The van der Waals surface area contributed by atoms with Crippen LogP contribution in [0.2, 0.25) is 0 Å². The standard InChI is InChI=1S/C22H23F3N2O3.C11H11BrFNO2.C11H13F2NO/c23-16-4-1-14(2-5-16)12-27-22(29)20(8-10-30-27)26-9-7-17(19(25)13-26)15-3-6-21(28)18(24)11-15;12-10-5-6-16-14(11(10)15)7-8-1-3-9(13)4-2-8;12-9-5-7(1-2-11(9)15)8-3-4-14-6-10(8)13/h1-6,11,17,19-20,28H,7-10,12-13H2;1-4,10H,5-7H2;1-2,5,8,10,14-15H,3-4,6H2. The fourth-order valence-electron chi connectivity index (χ4n) is 7.63. The van der Waals surface area contributed by atoms with Crippen molar-refractivity contribution in [2.45, 2.75) is 73.8 Å². The number of likely N-dealkylation sites (tertiary alicyclic amines) is 1. The average Bonchev–Trinajstić information content (AvgIpc) is 3.25.